The summed E-state index contributed by atoms with van der Waals surface area (Å²) < 4.78 is 14.4. The lowest BCUT2D eigenvalue weighted by molar-refractivity contribution is 0.124. The highest BCUT2D eigenvalue weighted by Gasteiger charge is 2.22. The number of rotatable bonds is 3. The summed E-state index contributed by atoms with van der Waals surface area (Å²) >= 11 is 0. The largest absolute Gasteiger partial charge is 0.454 e. The Morgan fingerprint density at radius 2 is 2.62 bits per heavy atom. The number of carbonyl (C=O) groups is 1. The Morgan fingerprint density at radius 1 is 1.69 bits per heavy atom. The molecule has 0 atom stereocenters. The topological polar surface area (TPSA) is 64.8 Å². The highest BCUT2D eigenvalue weighted by atomic mass is 16.6. The third kappa shape index (κ3) is 1.71. The van der Waals surface area contributed by atoms with E-state index in [9.17, 15) is 4.79 Å². The molecule has 0 spiro atoms. The minimum absolute atomic E-state index is 0.144. The molecular formula is C7H8N2O4. The highest BCUT2D eigenvalue weighted by molar-refractivity contribution is 5.69. The molecule has 2 heterocycles. The van der Waals surface area contributed by atoms with Gasteiger partial charge < -0.3 is 14.0 Å². The van der Waals surface area contributed by atoms with Crippen LogP contribution in [0.5, 0.6) is 5.88 Å². The van der Waals surface area contributed by atoms with Crippen molar-refractivity contribution in [1.29, 1.82) is 0 Å². The fourth-order valence-electron chi connectivity index (χ4n) is 0.963. The standard InChI is InChI=1S/C7H8N2O4/c10-7-9(2-4-11-7)5-12-6-1-3-13-8-6/h1,3H,2,4-5H2. The third-order valence-electron chi connectivity index (χ3n) is 1.63. The zero-order chi connectivity index (χ0) is 9.10. The fraction of sp³-hybridized carbons (Fsp3) is 0.429. The van der Waals surface area contributed by atoms with E-state index in [2.05, 4.69) is 9.68 Å². The molecule has 0 aromatic carbocycles. The van der Waals surface area contributed by atoms with Crippen molar-refractivity contribution in [2.45, 2.75) is 0 Å². The van der Waals surface area contributed by atoms with Crippen LogP contribution in [0.2, 0.25) is 0 Å². The van der Waals surface area contributed by atoms with Crippen LogP contribution in [0.4, 0.5) is 4.79 Å². The Kier molecular flexibility index (Phi) is 2.03. The zero-order valence-electron chi connectivity index (χ0n) is 6.80. The molecule has 1 fully saturated rings. The van der Waals surface area contributed by atoms with E-state index in [-0.39, 0.29) is 12.8 Å². The molecule has 0 aliphatic carbocycles. The van der Waals surface area contributed by atoms with Crippen LogP contribution in [-0.4, -0.2) is 36.0 Å². The number of hydrogen-bond donors (Lipinski definition) is 0. The average Bonchev–Trinajstić information content (AvgIpc) is 2.72. The number of aromatic nitrogens is 1. The molecule has 1 aliphatic heterocycles. The van der Waals surface area contributed by atoms with Gasteiger partial charge in [0.15, 0.2) is 6.73 Å². The maximum absolute atomic E-state index is 10.9. The van der Waals surface area contributed by atoms with Crippen LogP contribution >= 0.6 is 0 Å². The maximum Gasteiger partial charge on any atom is 0.412 e. The highest BCUT2D eigenvalue weighted by Crippen LogP contribution is 2.07. The number of carbonyl (C=O) groups excluding carboxylic acids is 1. The number of hydrogen-bond acceptors (Lipinski definition) is 5. The number of nitrogens with zero attached hydrogens (tertiary/aromatic N) is 2. The predicted molar refractivity (Wildman–Crippen MR) is 40.1 cm³/mol. The summed E-state index contributed by atoms with van der Waals surface area (Å²) in [5.41, 5.74) is 0. The monoisotopic (exact) mass is 184 g/mol. The van der Waals surface area contributed by atoms with Gasteiger partial charge in [0.1, 0.15) is 12.9 Å². The second kappa shape index (κ2) is 3.34. The van der Waals surface area contributed by atoms with E-state index in [1.807, 2.05) is 0 Å². The summed E-state index contributed by atoms with van der Waals surface area (Å²) in [6.07, 6.45) is 1.04. The van der Waals surface area contributed by atoms with Crippen LogP contribution in [0.15, 0.2) is 16.9 Å². The maximum atomic E-state index is 10.9. The van der Waals surface area contributed by atoms with Gasteiger partial charge in [-0.1, -0.05) is 0 Å². The quantitative estimate of drug-likeness (QED) is 0.682. The molecule has 0 unspecified atom stereocenters. The summed E-state index contributed by atoms with van der Waals surface area (Å²) in [7, 11) is 0. The lowest BCUT2D eigenvalue weighted by Gasteiger charge is -2.11. The fourth-order valence-corrected chi connectivity index (χ4v) is 0.963. The van der Waals surface area contributed by atoms with Gasteiger partial charge in [-0.3, -0.25) is 4.90 Å². The van der Waals surface area contributed by atoms with E-state index in [4.69, 9.17) is 9.47 Å². The lowest BCUT2D eigenvalue weighted by Crippen LogP contribution is -2.28. The van der Waals surface area contributed by atoms with Gasteiger partial charge in [-0.2, -0.15) is 0 Å². The first-order valence-corrected chi connectivity index (χ1v) is 3.81. The Bertz CT molecular complexity index is 285. The van der Waals surface area contributed by atoms with Gasteiger partial charge in [0.25, 0.3) is 5.88 Å². The molecule has 13 heavy (non-hydrogen) atoms. The zero-order valence-corrected chi connectivity index (χ0v) is 6.80. The number of cyclic esters (lactones) is 1. The molecule has 1 aromatic rings. The second-order valence-corrected chi connectivity index (χ2v) is 2.49. The van der Waals surface area contributed by atoms with E-state index < -0.39 is 0 Å². The third-order valence-corrected chi connectivity index (χ3v) is 1.63. The molecule has 70 valence electrons. The van der Waals surface area contributed by atoms with E-state index in [1.165, 1.54) is 11.2 Å². The average molecular weight is 184 g/mol. The lowest BCUT2D eigenvalue weighted by atomic mass is 10.6. The minimum Gasteiger partial charge on any atom is -0.454 e. The Morgan fingerprint density at radius 3 is 3.23 bits per heavy atom. The van der Waals surface area contributed by atoms with Crippen molar-refractivity contribution in [3.8, 4) is 5.88 Å². The second-order valence-electron chi connectivity index (χ2n) is 2.49. The molecule has 1 aliphatic rings. The van der Waals surface area contributed by atoms with Crippen molar-refractivity contribution in [1.82, 2.24) is 10.1 Å². The molecule has 1 aromatic heterocycles. The molecule has 0 N–H and O–H groups in total. The molecule has 6 heteroatoms. The van der Waals surface area contributed by atoms with Crippen LogP contribution < -0.4 is 4.74 Å². The van der Waals surface area contributed by atoms with Crippen molar-refractivity contribution >= 4 is 6.09 Å². The summed E-state index contributed by atoms with van der Waals surface area (Å²) in [5.74, 6) is 0.361. The first kappa shape index (κ1) is 7.90. The molecule has 6 nitrogen and oxygen atoms in total. The van der Waals surface area contributed by atoms with Crippen molar-refractivity contribution in [3.63, 3.8) is 0 Å². The van der Waals surface area contributed by atoms with Crippen LogP contribution in [0.25, 0.3) is 0 Å². The van der Waals surface area contributed by atoms with Crippen LogP contribution in [0.3, 0.4) is 0 Å². The van der Waals surface area contributed by atoms with Gasteiger partial charge in [0.05, 0.1) is 6.54 Å². The molecule has 0 saturated carbocycles. The number of ether oxygens (including phenoxy) is 2. The molecule has 1 amide bonds. The molecular weight excluding hydrogens is 176 g/mol. The van der Waals surface area contributed by atoms with Gasteiger partial charge in [-0.25, -0.2) is 4.79 Å². The van der Waals surface area contributed by atoms with Gasteiger partial charge in [-0.05, 0) is 5.16 Å². The van der Waals surface area contributed by atoms with Crippen molar-refractivity contribution in [3.05, 3.63) is 12.3 Å². The van der Waals surface area contributed by atoms with E-state index in [0.29, 0.717) is 19.0 Å². The SMILES string of the molecule is O=C1OCCN1COc1ccon1. The first-order chi connectivity index (χ1) is 6.36. The Balaban J connectivity index is 1.82. The molecule has 0 bridgehead atoms. The summed E-state index contributed by atoms with van der Waals surface area (Å²) in [6, 6.07) is 1.57. The van der Waals surface area contributed by atoms with E-state index in [1.54, 1.807) is 6.07 Å². The van der Waals surface area contributed by atoms with Crippen LogP contribution in [-0.2, 0) is 4.74 Å². The van der Waals surface area contributed by atoms with Gasteiger partial charge in [-0.15, -0.1) is 0 Å². The predicted octanol–water partition coefficient (Wildman–Crippen LogP) is 0.463. The van der Waals surface area contributed by atoms with E-state index in [0.717, 1.165) is 0 Å². The minimum atomic E-state index is -0.358. The smallest absolute Gasteiger partial charge is 0.412 e. The normalized spacial score (nSPS) is 16.0. The Labute approximate surface area is 74.0 Å². The van der Waals surface area contributed by atoms with Gasteiger partial charge in [0, 0.05) is 6.07 Å². The van der Waals surface area contributed by atoms with Crippen molar-refractivity contribution in [2.75, 3.05) is 19.9 Å². The first-order valence-electron chi connectivity index (χ1n) is 3.81. The van der Waals surface area contributed by atoms with Crippen molar-refractivity contribution in [2.24, 2.45) is 0 Å². The summed E-state index contributed by atoms with van der Waals surface area (Å²) in [4.78, 5) is 12.4. The van der Waals surface area contributed by atoms with E-state index >= 15 is 0 Å². The van der Waals surface area contributed by atoms with Crippen molar-refractivity contribution < 1.29 is 18.8 Å². The molecule has 0 radical (unpaired) electrons. The van der Waals surface area contributed by atoms with Gasteiger partial charge >= 0.3 is 6.09 Å². The molecule has 1 saturated heterocycles. The number of amides is 1. The summed E-state index contributed by atoms with van der Waals surface area (Å²) in [6.45, 7) is 1.11. The Hall–Kier alpha value is -1.72. The summed E-state index contributed by atoms with van der Waals surface area (Å²) in [5, 5.41) is 3.53. The van der Waals surface area contributed by atoms with Crippen LogP contribution in [0, 0.1) is 0 Å². The van der Waals surface area contributed by atoms with Crippen LogP contribution in [0.1, 0.15) is 0 Å². The van der Waals surface area contributed by atoms with Gasteiger partial charge in [0.2, 0.25) is 0 Å². The molecule has 2 rings (SSSR count).